The molecule has 0 spiro atoms. The maximum absolute atomic E-state index is 11.3. The minimum absolute atomic E-state index is 0.313. The van der Waals surface area contributed by atoms with E-state index in [1.807, 2.05) is 13.0 Å². The molecule has 0 atom stereocenters. The highest BCUT2D eigenvalue weighted by atomic mass is 16.5. The van der Waals surface area contributed by atoms with Gasteiger partial charge in [-0.15, -0.1) is 0 Å². The van der Waals surface area contributed by atoms with Crippen LogP contribution in [0.4, 0.5) is 0 Å². The van der Waals surface area contributed by atoms with Gasteiger partial charge in [-0.1, -0.05) is 12.8 Å². The zero-order chi connectivity index (χ0) is 10.1. The van der Waals surface area contributed by atoms with E-state index in [0.29, 0.717) is 5.92 Å². The first kappa shape index (κ1) is 9.31. The SMILES string of the molecule is Cc1cc(C2CCCC2)n(O)c(=O)c1. The highest BCUT2D eigenvalue weighted by Gasteiger charge is 2.20. The van der Waals surface area contributed by atoms with E-state index in [2.05, 4.69) is 0 Å². The first-order valence-electron chi connectivity index (χ1n) is 5.11. The molecule has 1 aromatic rings. The molecule has 1 N–H and O–H groups in total. The largest absolute Gasteiger partial charge is 0.425 e. The van der Waals surface area contributed by atoms with Crippen molar-refractivity contribution in [1.29, 1.82) is 0 Å². The van der Waals surface area contributed by atoms with E-state index in [9.17, 15) is 10.0 Å². The lowest BCUT2D eigenvalue weighted by atomic mass is 10.0. The number of hydrogen-bond donors (Lipinski definition) is 1. The van der Waals surface area contributed by atoms with Crippen molar-refractivity contribution >= 4 is 0 Å². The van der Waals surface area contributed by atoms with Crippen LogP contribution in [-0.2, 0) is 0 Å². The maximum Gasteiger partial charge on any atom is 0.283 e. The van der Waals surface area contributed by atoms with Gasteiger partial charge in [-0.2, -0.15) is 4.73 Å². The van der Waals surface area contributed by atoms with E-state index >= 15 is 0 Å². The highest BCUT2D eigenvalue weighted by molar-refractivity contribution is 5.19. The fourth-order valence-corrected chi connectivity index (χ4v) is 2.23. The highest BCUT2D eigenvalue weighted by Crippen LogP contribution is 2.33. The maximum atomic E-state index is 11.3. The van der Waals surface area contributed by atoms with Crippen molar-refractivity contribution in [2.75, 3.05) is 0 Å². The molecule has 0 unspecified atom stereocenters. The Labute approximate surface area is 83.0 Å². The molecule has 1 heterocycles. The summed E-state index contributed by atoms with van der Waals surface area (Å²) in [7, 11) is 0. The van der Waals surface area contributed by atoms with Crippen LogP contribution >= 0.6 is 0 Å². The monoisotopic (exact) mass is 193 g/mol. The van der Waals surface area contributed by atoms with Crippen LogP contribution in [0.25, 0.3) is 0 Å². The Morgan fingerprint density at radius 1 is 1.36 bits per heavy atom. The van der Waals surface area contributed by atoms with Crippen LogP contribution in [0.1, 0.15) is 42.9 Å². The average Bonchev–Trinajstić information content (AvgIpc) is 2.63. The topological polar surface area (TPSA) is 42.2 Å². The normalized spacial score (nSPS) is 17.5. The number of hydrogen-bond acceptors (Lipinski definition) is 2. The summed E-state index contributed by atoms with van der Waals surface area (Å²) in [6, 6.07) is 3.37. The number of aryl methyl sites for hydroxylation is 1. The minimum Gasteiger partial charge on any atom is -0.425 e. The minimum atomic E-state index is -0.313. The Morgan fingerprint density at radius 2 is 2.00 bits per heavy atom. The fraction of sp³-hybridized carbons (Fsp3) is 0.545. The molecule has 1 fully saturated rings. The van der Waals surface area contributed by atoms with Gasteiger partial charge in [0.05, 0.1) is 5.69 Å². The van der Waals surface area contributed by atoms with E-state index in [0.717, 1.165) is 28.8 Å². The zero-order valence-electron chi connectivity index (χ0n) is 8.36. The molecular formula is C11H15NO2. The summed E-state index contributed by atoms with van der Waals surface area (Å²) in [4.78, 5) is 11.3. The molecular weight excluding hydrogens is 178 g/mol. The van der Waals surface area contributed by atoms with Gasteiger partial charge in [-0.3, -0.25) is 4.79 Å². The third-order valence-corrected chi connectivity index (χ3v) is 2.95. The molecule has 14 heavy (non-hydrogen) atoms. The summed E-state index contributed by atoms with van der Waals surface area (Å²) in [5, 5.41) is 9.59. The molecule has 76 valence electrons. The van der Waals surface area contributed by atoms with Crippen LogP contribution in [0.5, 0.6) is 0 Å². The first-order valence-corrected chi connectivity index (χ1v) is 5.11. The van der Waals surface area contributed by atoms with Crippen LogP contribution in [0.2, 0.25) is 0 Å². The molecule has 3 nitrogen and oxygen atoms in total. The molecule has 0 aromatic carbocycles. The van der Waals surface area contributed by atoms with Gasteiger partial charge in [0.25, 0.3) is 5.56 Å². The molecule has 0 amide bonds. The summed E-state index contributed by atoms with van der Waals surface area (Å²) < 4.78 is 0.809. The lowest BCUT2D eigenvalue weighted by molar-refractivity contribution is 0.160. The predicted octanol–water partition coefficient (Wildman–Crippen LogP) is 2.05. The van der Waals surface area contributed by atoms with E-state index in [4.69, 9.17) is 0 Å². The summed E-state index contributed by atoms with van der Waals surface area (Å²) in [5.74, 6) is 0.368. The van der Waals surface area contributed by atoms with Crippen LogP contribution in [0.3, 0.4) is 0 Å². The molecule has 0 radical (unpaired) electrons. The van der Waals surface area contributed by atoms with Gasteiger partial charge in [0, 0.05) is 12.0 Å². The zero-order valence-corrected chi connectivity index (χ0v) is 8.36. The fourth-order valence-electron chi connectivity index (χ4n) is 2.23. The van der Waals surface area contributed by atoms with Crippen molar-refractivity contribution in [3.05, 3.63) is 33.7 Å². The molecule has 1 aromatic heterocycles. The average molecular weight is 193 g/mol. The van der Waals surface area contributed by atoms with Gasteiger partial charge in [0.2, 0.25) is 0 Å². The van der Waals surface area contributed by atoms with Gasteiger partial charge >= 0.3 is 0 Å². The van der Waals surface area contributed by atoms with Crippen molar-refractivity contribution in [2.45, 2.75) is 38.5 Å². The third kappa shape index (κ3) is 1.54. The lowest BCUT2D eigenvalue weighted by Crippen LogP contribution is -2.22. The smallest absolute Gasteiger partial charge is 0.283 e. The van der Waals surface area contributed by atoms with Gasteiger partial charge in [-0.25, -0.2) is 0 Å². The summed E-state index contributed by atoms with van der Waals surface area (Å²) in [6.45, 7) is 1.89. The van der Waals surface area contributed by atoms with Crippen LogP contribution in [0, 0.1) is 6.92 Å². The van der Waals surface area contributed by atoms with Crippen molar-refractivity contribution in [2.24, 2.45) is 0 Å². The Kier molecular flexibility index (Phi) is 2.32. The molecule has 3 heteroatoms. The Morgan fingerprint density at radius 3 is 2.64 bits per heavy atom. The second kappa shape index (κ2) is 3.48. The number of aromatic nitrogens is 1. The predicted molar refractivity (Wildman–Crippen MR) is 53.8 cm³/mol. The van der Waals surface area contributed by atoms with Gasteiger partial charge < -0.3 is 5.21 Å². The molecule has 2 rings (SSSR count). The quantitative estimate of drug-likeness (QED) is 0.693. The Bertz CT molecular complexity index is 389. The third-order valence-electron chi connectivity index (χ3n) is 2.95. The number of rotatable bonds is 1. The van der Waals surface area contributed by atoms with E-state index in [1.54, 1.807) is 0 Å². The standard InChI is InChI=1S/C11H15NO2/c1-8-6-10(9-4-2-3-5-9)12(14)11(13)7-8/h6-7,9,14H,2-5H2,1H3. The lowest BCUT2D eigenvalue weighted by Gasteiger charge is -2.12. The molecule has 1 aliphatic rings. The van der Waals surface area contributed by atoms with Crippen LogP contribution in [0.15, 0.2) is 16.9 Å². The second-order valence-corrected chi connectivity index (χ2v) is 4.09. The van der Waals surface area contributed by atoms with Crippen molar-refractivity contribution in [3.8, 4) is 0 Å². The van der Waals surface area contributed by atoms with Crippen molar-refractivity contribution in [3.63, 3.8) is 0 Å². The number of pyridine rings is 1. The Hall–Kier alpha value is -1.25. The van der Waals surface area contributed by atoms with E-state index < -0.39 is 0 Å². The molecule has 0 saturated heterocycles. The van der Waals surface area contributed by atoms with Gasteiger partial charge in [0.15, 0.2) is 0 Å². The molecule has 1 saturated carbocycles. The van der Waals surface area contributed by atoms with E-state index in [1.165, 1.54) is 18.9 Å². The van der Waals surface area contributed by atoms with Crippen molar-refractivity contribution < 1.29 is 5.21 Å². The first-order chi connectivity index (χ1) is 6.68. The van der Waals surface area contributed by atoms with Crippen LogP contribution < -0.4 is 5.56 Å². The number of nitrogens with zero attached hydrogens (tertiary/aromatic N) is 1. The Balaban J connectivity index is 2.45. The molecule has 1 aliphatic carbocycles. The summed E-state index contributed by atoms with van der Waals surface area (Å²) in [6.07, 6.45) is 4.58. The van der Waals surface area contributed by atoms with Gasteiger partial charge in [0.1, 0.15) is 0 Å². The van der Waals surface area contributed by atoms with E-state index in [-0.39, 0.29) is 5.56 Å². The summed E-state index contributed by atoms with van der Waals surface area (Å²) in [5.41, 5.74) is 1.40. The summed E-state index contributed by atoms with van der Waals surface area (Å²) >= 11 is 0. The molecule has 0 aliphatic heterocycles. The van der Waals surface area contributed by atoms with Crippen LogP contribution in [-0.4, -0.2) is 9.94 Å². The van der Waals surface area contributed by atoms with Gasteiger partial charge in [-0.05, 0) is 31.4 Å². The van der Waals surface area contributed by atoms with Crippen molar-refractivity contribution in [1.82, 2.24) is 4.73 Å². The molecule has 0 bridgehead atoms. The second-order valence-electron chi connectivity index (χ2n) is 4.09.